The Kier molecular flexibility index (Phi) is 12.5. The average Bonchev–Trinajstić information content (AvgIpc) is 3.60. The van der Waals surface area contributed by atoms with Gasteiger partial charge in [-0.2, -0.15) is 5.26 Å². The molecule has 3 N–H and O–H groups in total. The first kappa shape index (κ1) is 41.6. The van der Waals surface area contributed by atoms with Gasteiger partial charge in [0.05, 0.1) is 40.5 Å². The van der Waals surface area contributed by atoms with Gasteiger partial charge in [-0.3, -0.25) is 9.69 Å². The van der Waals surface area contributed by atoms with Gasteiger partial charge >= 0.3 is 5.97 Å². The van der Waals surface area contributed by atoms with Crippen molar-refractivity contribution in [2.24, 2.45) is 0 Å². The van der Waals surface area contributed by atoms with E-state index >= 15 is 0 Å². The number of aryl methyl sites for hydroxylation is 1. The first-order chi connectivity index (χ1) is 29.5. The Morgan fingerprint density at radius 3 is 2.33 bits per heavy atom. The van der Waals surface area contributed by atoms with Gasteiger partial charge in [0.15, 0.2) is 22.7 Å². The number of nitrogen functional groups attached to an aromatic ring is 1. The second-order valence-corrected chi connectivity index (χ2v) is 16.9. The average molecular weight is 875 g/mol. The van der Waals surface area contributed by atoms with Crippen LogP contribution in [-0.2, 0) is 46.9 Å². The summed E-state index contributed by atoms with van der Waals surface area (Å²) in [5.41, 5.74) is 14.1. The maximum absolute atomic E-state index is 14.4. The lowest BCUT2D eigenvalue weighted by atomic mass is 9.92. The van der Waals surface area contributed by atoms with E-state index in [-0.39, 0.29) is 18.4 Å². The number of nitrogens with zero attached hydrogens (tertiary/aromatic N) is 3. The predicted octanol–water partition coefficient (Wildman–Crippen LogP) is 8.80. The predicted molar refractivity (Wildman–Crippen MR) is 235 cm³/mol. The van der Waals surface area contributed by atoms with Gasteiger partial charge in [0, 0.05) is 24.4 Å². The number of ether oxygens (including phenoxy) is 4. The number of benzene rings is 5. The van der Waals surface area contributed by atoms with Gasteiger partial charge in [-0.1, -0.05) is 77.8 Å². The third kappa shape index (κ3) is 9.61. The van der Waals surface area contributed by atoms with Crippen molar-refractivity contribution in [2.45, 2.75) is 57.6 Å². The molecule has 0 radical (unpaired) electrons. The zero-order valence-electron chi connectivity index (χ0n) is 33.3. The SMILES string of the molecule is COC(=O)C(Cc1ccc(-c2ccc(C#N)cc2)cc1)NC(=O)[C@@H]1Cc2cc3c(cc2CN1Cc1sc(N)nc1C)O[C@@H](c1ccc(OCc2ccc(Cl)c(Cl)c2)cc1)CO3. The molecule has 1 unspecified atom stereocenters. The maximum Gasteiger partial charge on any atom is 0.328 e. The van der Waals surface area contributed by atoms with Crippen molar-refractivity contribution in [1.82, 2.24) is 15.2 Å². The summed E-state index contributed by atoms with van der Waals surface area (Å²) in [6.45, 7) is 3.40. The molecular formula is C47H41Cl2N5O6S. The van der Waals surface area contributed by atoms with Gasteiger partial charge in [-0.25, -0.2) is 9.78 Å². The Morgan fingerprint density at radius 2 is 1.66 bits per heavy atom. The van der Waals surface area contributed by atoms with Crippen LogP contribution in [0.4, 0.5) is 5.13 Å². The van der Waals surface area contributed by atoms with Crippen LogP contribution in [-0.4, -0.2) is 47.6 Å². The van der Waals surface area contributed by atoms with E-state index in [0.29, 0.717) is 70.7 Å². The van der Waals surface area contributed by atoms with E-state index in [0.717, 1.165) is 49.5 Å². The number of rotatable bonds is 12. The van der Waals surface area contributed by atoms with E-state index in [2.05, 4.69) is 21.3 Å². The molecule has 2 aliphatic heterocycles. The Hall–Kier alpha value is -6.10. The monoisotopic (exact) mass is 873 g/mol. The van der Waals surface area contributed by atoms with Crippen molar-refractivity contribution in [3.8, 4) is 34.4 Å². The standard InChI is InChI=1S/C47H41Cl2N5O6S/c1-27-44(61-47(51)52-27)24-54-23-35-21-42-41(59-26-43(60-42)33-12-14-36(15-13-33)58-25-30-7-16-37(48)38(49)17-30)20-34(35)19-40(54)45(55)53-39(46(56)57-2)18-28-3-8-31(9-4-28)32-10-5-29(22-50)6-11-32/h3-17,20-21,39-40,43H,18-19,23-26H2,1-2H3,(H2,51,52)(H,53,55)/t39?,40-,43+/m0/s1. The molecule has 5 aromatic carbocycles. The van der Waals surface area contributed by atoms with Crippen LogP contribution < -0.4 is 25.3 Å². The van der Waals surface area contributed by atoms with E-state index in [1.807, 2.05) is 85.8 Å². The summed E-state index contributed by atoms with van der Waals surface area (Å²) in [5.74, 6) is 1.08. The number of carbonyl (C=O) groups excluding carboxylic acids is 2. The third-order valence-electron chi connectivity index (χ3n) is 10.9. The number of nitrogens with two attached hydrogens (primary N) is 1. The van der Waals surface area contributed by atoms with E-state index in [4.69, 9.17) is 53.1 Å². The molecule has 0 spiro atoms. The number of carbonyl (C=O) groups is 2. The number of esters is 1. The molecule has 11 nitrogen and oxygen atoms in total. The lowest BCUT2D eigenvalue weighted by molar-refractivity contribution is -0.145. The Morgan fingerprint density at radius 1 is 0.951 bits per heavy atom. The molecule has 0 bridgehead atoms. The van der Waals surface area contributed by atoms with Crippen molar-refractivity contribution >= 4 is 51.5 Å². The molecule has 3 heterocycles. The number of amides is 1. The molecule has 0 fully saturated rings. The van der Waals surface area contributed by atoms with Crippen molar-refractivity contribution < 1.29 is 28.5 Å². The van der Waals surface area contributed by atoms with Crippen molar-refractivity contribution in [3.05, 3.63) is 157 Å². The number of anilines is 1. The number of fused-ring (bicyclic) bond motifs is 2. The van der Waals surface area contributed by atoms with E-state index in [1.165, 1.54) is 18.4 Å². The van der Waals surface area contributed by atoms with E-state index in [1.54, 1.807) is 24.3 Å². The minimum atomic E-state index is -0.928. The minimum Gasteiger partial charge on any atom is -0.489 e. The van der Waals surface area contributed by atoms with Crippen LogP contribution in [0.5, 0.6) is 17.2 Å². The highest BCUT2D eigenvalue weighted by molar-refractivity contribution is 7.15. The quantitative estimate of drug-likeness (QED) is 0.114. The van der Waals surface area contributed by atoms with Gasteiger partial charge in [0.25, 0.3) is 0 Å². The highest BCUT2D eigenvalue weighted by Crippen LogP contribution is 2.41. The van der Waals surface area contributed by atoms with Crippen molar-refractivity contribution in [2.75, 3.05) is 19.5 Å². The van der Waals surface area contributed by atoms with Crippen LogP contribution in [0.1, 0.15) is 50.1 Å². The fourth-order valence-corrected chi connectivity index (χ4v) is 8.74. The number of thiazole rings is 1. The molecule has 1 amide bonds. The molecule has 1 aromatic heterocycles. The molecule has 0 saturated heterocycles. The fraction of sp³-hybridized carbons (Fsp3) is 0.234. The molecule has 6 aromatic rings. The summed E-state index contributed by atoms with van der Waals surface area (Å²) in [5, 5.41) is 13.6. The number of halogens is 2. The smallest absolute Gasteiger partial charge is 0.328 e. The molecular weight excluding hydrogens is 834 g/mol. The first-order valence-corrected chi connectivity index (χ1v) is 21.2. The normalized spacial score (nSPS) is 16.2. The summed E-state index contributed by atoms with van der Waals surface area (Å²) in [7, 11) is 1.32. The highest BCUT2D eigenvalue weighted by atomic mass is 35.5. The molecule has 14 heteroatoms. The lowest BCUT2D eigenvalue weighted by Gasteiger charge is -2.37. The second kappa shape index (κ2) is 18.3. The summed E-state index contributed by atoms with van der Waals surface area (Å²) in [4.78, 5) is 35.0. The number of methoxy groups -OCH3 is 1. The summed E-state index contributed by atoms with van der Waals surface area (Å²) >= 11 is 13.6. The summed E-state index contributed by atoms with van der Waals surface area (Å²) < 4.78 is 24.0. The zero-order valence-corrected chi connectivity index (χ0v) is 35.7. The first-order valence-electron chi connectivity index (χ1n) is 19.6. The summed E-state index contributed by atoms with van der Waals surface area (Å²) in [6.07, 6.45) is 0.248. The Labute approximate surface area is 367 Å². The minimum absolute atomic E-state index is 0.230. The van der Waals surface area contributed by atoms with Gasteiger partial charge in [-0.05, 0) is 101 Å². The third-order valence-corrected chi connectivity index (χ3v) is 12.6. The number of nitrogens with one attached hydrogen (secondary N) is 1. The molecule has 310 valence electrons. The Bertz CT molecular complexity index is 2610. The van der Waals surface area contributed by atoms with Crippen molar-refractivity contribution in [3.63, 3.8) is 0 Å². The summed E-state index contributed by atoms with van der Waals surface area (Å²) in [6, 6.07) is 32.8. The van der Waals surface area contributed by atoms with Crippen LogP contribution in [0, 0.1) is 18.3 Å². The van der Waals surface area contributed by atoms with Gasteiger partial charge in [0.1, 0.15) is 25.0 Å². The van der Waals surface area contributed by atoms with Crippen molar-refractivity contribution in [1.29, 1.82) is 5.26 Å². The van der Waals surface area contributed by atoms with Crippen LogP contribution in [0.3, 0.4) is 0 Å². The van der Waals surface area contributed by atoms with Gasteiger partial charge in [0.2, 0.25) is 5.91 Å². The van der Waals surface area contributed by atoms with Gasteiger partial charge < -0.3 is 30.0 Å². The highest BCUT2D eigenvalue weighted by Gasteiger charge is 2.36. The lowest BCUT2D eigenvalue weighted by Crippen LogP contribution is -2.54. The van der Waals surface area contributed by atoms with E-state index in [9.17, 15) is 9.59 Å². The number of hydrogen-bond donors (Lipinski definition) is 2. The number of hydrogen-bond acceptors (Lipinski definition) is 11. The molecule has 0 saturated carbocycles. The maximum atomic E-state index is 14.4. The number of aromatic nitrogens is 1. The van der Waals surface area contributed by atoms with Crippen LogP contribution in [0.2, 0.25) is 10.0 Å². The van der Waals surface area contributed by atoms with Crippen LogP contribution >= 0.6 is 34.5 Å². The molecule has 0 aliphatic carbocycles. The van der Waals surface area contributed by atoms with Crippen LogP contribution in [0.25, 0.3) is 11.1 Å². The number of nitriles is 1. The molecule has 3 atom stereocenters. The van der Waals surface area contributed by atoms with E-state index < -0.39 is 18.1 Å². The second-order valence-electron chi connectivity index (χ2n) is 15.0. The zero-order chi connectivity index (χ0) is 42.6. The Balaban J connectivity index is 0.977. The molecule has 8 rings (SSSR count). The van der Waals surface area contributed by atoms with Crippen LogP contribution in [0.15, 0.2) is 103 Å². The fourth-order valence-electron chi connectivity index (χ4n) is 7.56. The topological polar surface area (TPSA) is 149 Å². The molecule has 2 aliphatic rings. The van der Waals surface area contributed by atoms with Gasteiger partial charge in [-0.15, -0.1) is 11.3 Å². The molecule has 61 heavy (non-hydrogen) atoms. The largest absolute Gasteiger partial charge is 0.489 e.